The van der Waals surface area contributed by atoms with Gasteiger partial charge in [-0.25, -0.2) is 0 Å². The average Bonchev–Trinajstić information content (AvgIpc) is 2.42. The number of hydrogen-bond donors (Lipinski definition) is 2. The molecular formula is C9H14N4O2. The fourth-order valence-corrected chi connectivity index (χ4v) is 1.30. The number of rotatable bonds is 3. The predicted molar refractivity (Wildman–Crippen MR) is 56.0 cm³/mol. The molecule has 6 heteroatoms. The molecule has 0 aliphatic rings. The van der Waals surface area contributed by atoms with E-state index in [-0.39, 0.29) is 12.5 Å². The predicted octanol–water partition coefficient (Wildman–Crippen LogP) is -0.835. The normalized spacial score (nSPS) is 10.0. The highest BCUT2D eigenvalue weighted by Crippen LogP contribution is 2.10. The van der Waals surface area contributed by atoms with Gasteiger partial charge in [0.25, 0.3) is 5.91 Å². The second-order valence-electron chi connectivity index (χ2n) is 3.40. The van der Waals surface area contributed by atoms with Crippen LogP contribution in [0.15, 0.2) is 12.3 Å². The number of primary amides is 1. The summed E-state index contributed by atoms with van der Waals surface area (Å²) in [6.45, 7) is -0.107. The van der Waals surface area contributed by atoms with Crippen molar-refractivity contribution in [3.8, 4) is 0 Å². The summed E-state index contributed by atoms with van der Waals surface area (Å²) in [4.78, 5) is 23.6. The van der Waals surface area contributed by atoms with E-state index >= 15 is 0 Å². The van der Waals surface area contributed by atoms with Crippen molar-refractivity contribution in [2.24, 2.45) is 12.8 Å². The van der Waals surface area contributed by atoms with Crippen LogP contribution in [0.3, 0.4) is 0 Å². The van der Waals surface area contributed by atoms with E-state index in [2.05, 4.69) is 0 Å². The minimum Gasteiger partial charge on any atom is -0.397 e. The van der Waals surface area contributed by atoms with Gasteiger partial charge in [0.1, 0.15) is 5.69 Å². The molecule has 0 atom stereocenters. The molecule has 1 rings (SSSR count). The first kappa shape index (κ1) is 11.1. The van der Waals surface area contributed by atoms with E-state index in [9.17, 15) is 9.59 Å². The third kappa shape index (κ3) is 2.49. The Balaban J connectivity index is 2.84. The van der Waals surface area contributed by atoms with Crippen LogP contribution < -0.4 is 11.5 Å². The van der Waals surface area contributed by atoms with Gasteiger partial charge in [-0.2, -0.15) is 0 Å². The third-order valence-corrected chi connectivity index (χ3v) is 1.98. The number of aryl methyl sites for hydroxylation is 1. The van der Waals surface area contributed by atoms with Crippen molar-refractivity contribution < 1.29 is 9.59 Å². The third-order valence-electron chi connectivity index (χ3n) is 1.98. The zero-order valence-corrected chi connectivity index (χ0v) is 8.73. The van der Waals surface area contributed by atoms with Crippen molar-refractivity contribution in [1.29, 1.82) is 0 Å². The van der Waals surface area contributed by atoms with E-state index in [1.54, 1.807) is 23.9 Å². The van der Waals surface area contributed by atoms with E-state index in [0.717, 1.165) is 0 Å². The summed E-state index contributed by atoms with van der Waals surface area (Å²) in [5, 5.41) is 0. The molecular weight excluding hydrogens is 196 g/mol. The fourth-order valence-electron chi connectivity index (χ4n) is 1.30. The summed E-state index contributed by atoms with van der Waals surface area (Å²) in [5.41, 5.74) is 11.5. The number of nitrogens with zero attached hydrogens (tertiary/aromatic N) is 2. The number of anilines is 1. The maximum Gasteiger partial charge on any atom is 0.270 e. The van der Waals surface area contributed by atoms with Gasteiger partial charge in [-0.1, -0.05) is 0 Å². The summed E-state index contributed by atoms with van der Waals surface area (Å²) < 4.78 is 1.61. The Labute approximate surface area is 87.4 Å². The van der Waals surface area contributed by atoms with E-state index in [1.807, 2.05) is 0 Å². The van der Waals surface area contributed by atoms with Gasteiger partial charge in [0.15, 0.2) is 0 Å². The molecule has 0 aromatic carbocycles. The number of nitrogen functional groups attached to an aromatic ring is 1. The molecule has 0 aliphatic heterocycles. The van der Waals surface area contributed by atoms with Crippen molar-refractivity contribution >= 4 is 17.5 Å². The second-order valence-corrected chi connectivity index (χ2v) is 3.40. The summed E-state index contributed by atoms with van der Waals surface area (Å²) in [5.74, 6) is -0.832. The summed E-state index contributed by atoms with van der Waals surface area (Å²) in [6.07, 6.45) is 1.63. The van der Waals surface area contributed by atoms with Crippen molar-refractivity contribution in [2.75, 3.05) is 19.3 Å². The molecule has 0 radical (unpaired) electrons. The molecule has 1 heterocycles. The van der Waals surface area contributed by atoms with Crippen LogP contribution in [0.4, 0.5) is 5.69 Å². The van der Waals surface area contributed by atoms with Crippen molar-refractivity contribution in [3.63, 3.8) is 0 Å². The molecule has 0 saturated heterocycles. The van der Waals surface area contributed by atoms with Gasteiger partial charge in [0.2, 0.25) is 5.91 Å². The number of amides is 2. The highest BCUT2D eigenvalue weighted by atomic mass is 16.2. The molecule has 2 amide bonds. The van der Waals surface area contributed by atoms with Gasteiger partial charge in [0, 0.05) is 20.3 Å². The lowest BCUT2D eigenvalue weighted by molar-refractivity contribution is -0.118. The van der Waals surface area contributed by atoms with E-state index in [0.29, 0.717) is 11.4 Å². The summed E-state index contributed by atoms with van der Waals surface area (Å²) in [6, 6.07) is 1.56. The molecule has 0 fully saturated rings. The molecule has 82 valence electrons. The Kier molecular flexibility index (Phi) is 2.99. The van der Waals surface area contributed by atoms with Crippen LogP contribution in [0.2, 0.25) is 0 Å². The van der Waals surface area contributed by atoms with Gasteiger partial charge >= 0.3 is 0 Å². The highest BCUT2D eigenvalue weighted by Gasteiger charge is 2.16. The number of carbonyl (C=O) groups excluding carboxylic acids is 2. The molecule has 1 aromatic heterocycles. The number of aromatic nitrogens is 1. The molecule has 0 bridgehead atoms. The van der Waals surface area contributed by atoms with E-state index in [4.69, 9.17) is 11.5 Å². The lowest BCUT2D eigenvalue weighted by atomic mass is 10.3. The topological polar surface area (TPSA) is 94.3 Å². The zero-order valence-electron chi connectivity index (χ0n) is 8.73. The maximum absolute atomic E-state index is 11.8. The summed E-state index contributed by atoms with van der Waals surface area (Å²) in [7, 11) is 3.22. The van der Waals surface area contributed by atoms with Crippen LogP contribution in [0.1, 0.15) is 10.5 Å². The van der Waals surface area contributed by atoms with Crippen molar-refractivity contribution in [3.05, 3.63) is 18.0 Å². The zero-order chi connectivity index (χ0) is 11.6. The van der Waals surface area contributed by atoms with Gasteiger partial charge in [-0.05, 0) is 6.07 Å². The largest absolute Gasteiger partial charge is 0.397 e. The molecule has 0 unspecified atom stereocenters. The van der Waals surface area contributed by atoms with Crippen LogP contribution >= 0.6 is 0 Å². The Morgan fingerprint density at radius 3 is 2.53 bits per heavy atom. The van der Waals surface area contributed by atoms with Crippen LogP contribution in [-0.2, 0) is 11.8 Å². The van der Waals surface area contributed by atoms with Gasteiger partial charge in [0.05, 0.1) is 12.2 Å². The molecule has 0 saturated carbocycles. The first-order chi connectivity index (χ1) is 6.91. The van der Waals surface area contributed by atoms with Crippen molar-refractivity contribution in [2.45, 2.75) is 0 Å². The molecule has 0 aliphatic carbocycles. The maximum atomic E-state index is 11.8. The Morgan fingerprint density at radius 1 is 1.53 bits per heavy atom. The SMILES string of the molecule is CN(CC(N)=O)C(=O)c1cc(N)cn1C. The first-order valence-corrected chi connectivity index (χ1v) is 4.37. The molecule has 1 aromatic rings. The van der Waals surface area contributed by atoms with Crippen LogP contribution in [0.5, 0.6) is 0 Å². The van der Waals surface area contributed by atoms with Gasteiger partial charge in [-0.15, -0.1) is 0 Å². The minimum atomic E-state index is -0.548. The van der Waals surface area contributed by atoms with Crippen LogP contribution in [0, 0.1) is 0 Å². The Hall–Kier alpha value is -1.98. The second kappa shape index (κ2) is 4.04. The van der Waals surface area contributed by atoms with Gasteiger partial charge < -0.3 is 20.9 Å². The minimum absolute atomic E-state index is 0.107. The van der Waals surface area contributed by atoms with Crippen LogP contribution in [0.25, 0.3) is 0 Å². The van der Waals surface area contributed by atoms with E-state index < -0.39 is 5.91 Å². The standard InChI is InChI=1S/C9H14N4O2/c1-12-4-6(10)3-7(12)9(15)13(2)5-8(11)14/h3-4H,5,10H2,1-2H3,(H2,11,14). The molecule has 6 nitrogen and oxygen atoms in total. The number of hydrogen-bond acceptors (Lipinski definition) is 3. The van der Waals surface area contributed by atoms with Crippen LogP contribution in [-0.4, -0.2) is 34.9 Å². The lowest BCUT2D eigenvalue weighted by Gasteiger charge is -2.14. The number of carbonyl (C=O) groups is 2. The first-order valence-electron chi connectivity index (χ1n) is 4.37. The average molecular weight is 210 g/mol. The van der Waals surface area contributed by atoms with E-state index in [1.165, 1.54) is 11.9 Å². The van der Waals surface area contributed by atoms with Crippen molar-refractivity contribution in [1.82, 2.24) is 9.47 Å². The quantitative estimate of drug-likeness (QED) is 0.681. The molecule has 15 heavy (non-hydrogen) atoms. The smallest absolute Gasteiger partial charge is 0.270 e. The highest BCUT2D eigenvalue weighted by molar-refractivity contribution is 5.95. The summed E-state index contributed by atoms with van der Waals surface area (Å²) >= 11 is 0. The monoisotopic (exact) mass is 210 g/mol. The molecule has 4 N–H and O–H groups in total. The Bertz CT molecular complexity index is 397. The number of likely N-dealkylation sites (N-methyl/N-ethyl adjacent to an activating group) is 1. The lowest BCUT2D eigenvalue weighted by Crippen LogP contribution is -2.36. The fraction of sp³-hybridized carbons (Fsp3) is 0.333. The Morgan fingerprint density at radius 2 is 2.13 bits per heavy atom. The molecule has 0 spiro atoms. The van der Waals surface area contributed by atoms with Gasteiger partial charge in [-0.3, -0.25) is 9.59 Å². The number of nitrogens with two attached hydrogens (primary N) is 2.